The molecule has 1 aromatic carbocycles. The lowest BCUT2D eigenvalue weighted by molar-refractivity contribution is -0.147. The average molecular weight is 297 g/mol. The van der Waals surface area contributed by atoms with E-state index in [1.807, 2.05) is 0 Å². The van der Waals surface area contributed by atoms with Crippen molar-refractivity contribution < 1.29 is 13.2 Å². The zero-order valence-corrected chi connectivity index (χ0v) is 12.0. The Morgan fingerprint density at radius 1 is 1.33 bits per heavy atom. The van der Waals surface area contributed by atoms with Crippen molar-refractivity contribution in [2.75, 3.05) is 5.73 Å². The highest BCUT2D eigenvalue weighted by Crippen LogP contribution is 2.46. The van der Waals surface area contributed by atoms with Gasteiger partial charge in [-0.15, -0.1) is 0 Å². The molecule has 0 radical (unpaired) electrons. The van der Waals surface area contributed by atoms with Gasteiger partial charge in [-0.25, -0.2) is 4.98 Å². The van der Waals surface area contributed by atoms with Crippen molar-refractivity contribution in [1.82, 2.24) is 9.55 Å². The highest BCUT2D eigenvalue weighted by molar-refractivity contribution is 5.80. The maximum absolute atomic E-state index is 13.3. The van der Waals surface area contributed by atoms with E-state index >= 15 is 0 Å². The molecule has 21 heavy (non-hydrogen) atoms. The standard InChI is InChI=1S/C15H18F3N3/c1-14(2)6-5-10(8-14)21-12-4-3-9(19)7-11(12)20-13(21)15(16,17)18/h3-4,7,10H,5-6,8,19H2,1-2H3. The van der Waals surface area contributed by atoms with Gasteiger partial charge in [0.05, 0.1) is 11.0 Å². The van der Waals surface area contributed by atoms with E-state index in [1.54, 1.807) is 12.1 Å². The number of imidazole rings is 1. The predicted molar refractivity (Wildman–Crippen MR) is 75.8 cm³/mol. The van der Waals surface area contributed by atoms with Gasteiger partial charge in [0.2, 0.25) is 5.82 Å². The second-order valence-corrected chi connectivity index (χ2v) is 6.61. The van der Waals surface area contributed by atoms with Crippen molar-refractivity contribution in [1.29, 1.82) is 0 Å². The molecule has 1 aliphatic rings. The fourth-order valence-corrected chi connectivity index (χ4v) is 3.31. The van der Waals surface area contributed by atoms with E-state index in [0.717, 1.165) is 19.3 Å². The molecule has 1 saturated carbocycles. The highest BCUT2D eigenvalue weighted by Gasteiger charge is 2.42. The van der Waals surface area contributed by atoms with Gasteiger partial charge in [0.15, 0.2) is 0 Å². The van der Waals surface area contributed by atoms with E-state index in [9.17, 15) is 13.2 Å². The van der Waals surface area contributed by atoms with Crippen LogP contribution >= 0.6 is 0 Å². The molecule has 6 heteroatoms. The lowest BCUT2D eigenvalue weighted by Gasteiger charge is -2.21. The predicted octanol–water partition coefficient (Wildman–Crippen LogP) is 4.39. The monoisotopic (exact) mass is 297 g/mol. The fourth-order valence-electron chi connectivity index (χ4n) is 3.31. The maximum atomic E-state index is 13.3. The van der Waals surface area contributed by atoms with Crippen LogP contribution in [0.3, 0.4) is 0 Å². The number of fused-ring (bicyclic) bond motifs is 1. The van der Waals surface area contributed by atoms with Crippen LogP contribution in [-0.2, 0) is 6.18 Å². The van der Waals surface area contributed by atoms with Crippen molar-refractivity contribution in [3.63, 3.8) is 0 Å². The zero-order chi connectivity index (χ0) is 15.4. The second-order valence-electron chi connectivity index (χ2n) is 6.61. The number of nitrogens with two attached hydrogens (primary N) is 1. The minimum absolute atomic E-state index is 0.0674. The largest absolute Gasteiger partial charge is 0.449 e. The summed E-state index contributed by atoms with van der Waals surface area (Å²) in [5.41, 5.74) is 6.97. The molecular formula is C15H18F3N3. The van der Waals surface area contributed by atoms with Crippen LogP contribution in [0.25, 0.3) is 11.0 Å². The van der Waals surface area contributed by atoms with Crippen molar-refractivity contribution >= 4 is 16.7 Å². The topological polar surface area (TPSA) is 43.8 Å². The van der Waals surface area contributed by atoms with Crippen LogP contribution in [0.5, 0.6) is 0 Å². The number of hydrogen-bond donors (Lipinski definition) is 1. The Bertz CT molecular complexity index is 685. The molecule has 1 unspecified atom stereocenters. The van der Waals surface area contributed by atoms with E-state index in [2.05, 4.69) is 18.8 Å². The summed E-state index contributed by atoms with van der Waals surface area (Å²) in [6, 6.07) is 4.60. The third-order valence-corrected chi connectivity index (χ3v) is 4.27. The number of hydrogen-bond acceptors (Lipinski definition) is 2. The first-order valence-electron chi connectivity index (χ1n) is 7.02. The number of halogens is 3. The van der Waals surface area contributed by atoms with Crippen LogP contribution in [0.1, 0.15) is 45.0 Å². The first kappa shape index (κ1) is 14.2. The summed E-state index contributed by atoms with van der Waals surface area (Å²) in [5, 5.41) is 0. The number of aromatic nitrogens is 2. The fraction of sp³-hybridized carbons (Fsp3) is 0.533. The Morgan fingerprint density at radius 2 is 2.05 bits per heavy atom. The Morgan fingerprint density at radius 3 is 2.62 bits per heavy atom. The highest BCUT2D eigenvalue weighted by atomic mass is 19.4. The van der Waals surface area contributed by atoms with Gasteiger partial charge in [-0.3, -0.25) is 0 Å². The molecule has 0 saturated heterocycles. The minimum atomic E-state index is -4.46. The second kappa shape index (κ2) is 4.39. The molecule has 114 valence electrons. The number of benzene rings is 1. The van der Waals surface area contributed by atoms with E-state index < -0.39 is 12.0 Å². The molecule has 1 atom stereocenters. The summed E-state index contributed by atoms with van der Waals surface area (Å²) in [6.45, 7) is 4.19. The van der Waals surface area contributed by atoms with E-state index in [-0.39, 0.29) is 11.5 Å². The van der Waals surface area contributed by atoms with Gasteiger partial charge in [0, 0.05) is 11.7 Å². The number of alkyl halides is 3. The Kier molecular flexibility index (Phi) is 2.97. The number of anilines is 1. The average Bonchev–Trinajstić information content (AvgIpc) is 2.88. The van der Waals surface area contributed by atoms with Gasteiger partial charge in [-0.05, 0) is 42.9 Å². The quantitative estimate of drug-likeness (QED) is 0.793. The van der Waals surface area contributed by atoms with Crippen LogP contribution in [-0.4, -0.2) is 9.55 Å². The van der Waals surface area contributed by atoms with E-state index in [1.165, 1.54) is 10.6 Å². The molecule has 2 aromatic rings. The summed E-state index contributed by atoms with van der Waals surface area (Å²) in [6.07, 6.45) is -2.07. The normalized spacial score (nSPS) is 22.0. The molecule has 0 spiro atoms. The molecule has 3 nitrogen and oxygen atoms in total. The summed E-state index contributed by atoms with van der Waals surface area (Å²) in [5.74, 6) is -0.814. The molecule has 0 bridgehead atoms. The lowest BCUT2D eigenvalue weighted by Crippen LogP contribution is -2.18. The van der Waals surface area contributed by atoms with Crippen molar-refractivity contribution in [3.05, 3.63) is 24.0 Å². The van der Waals surface area contributed by atoms with Gasteiger partial charge < -0.3 is 10.3 Å². The van der Waals surface area contributed by atoms with Gasteiger partial charge in [-0.2, -0.15) is 13.2 Å². The number of rotatable bonds is 1. The lowest BCUT2D eigenvalue weighted by atomic mass is 9.92. The molecular weight excluding hydrogens is 279 g/mol. The van der Waals surface area contributed by atoms with Crippen molar-refractivity contribution in [2.45, 2.75) is 45.3 Å². The van der Waals surface area contributed by atoms with Crippen LogP contribution in [0.4, 0.5) is 18.9 Å². The van der Waals surface area contributed by atoms with Crippen LogP contribution in [0.2, 0.25) is 0 Å². The molecule has 1 aromatic heterocycles. The third-order valence-electron chi connectivity index (χ3n) is 4.27. The Hall–Kier alpha value is -1.72. The third kappa shape index (κ3) is 2.47. The number of nitrogens with zero attached hydrogens (tertiary/aromatic N) is 2. The molecule has 0 aliphatic heterocycles. The molecule has 1 aliphatic carbocycles. The first-order valence-corrected chi connectivity index (χ1v) is 7.02. The molecule has 3 rings (SSSR count). The van der Waals surface area contributed by atoms with E-state index in [4.69, 9.17) is 5.73 Å². The molecule has 1 fully saturated rings. The SMILES string of the molecule is CC1(C)CCC(n2c(C(F)(F)F)nc3cc(N)ccc32)C1. The Balaban J connectivity index is 2.19. The molecule has 0 amide bonds. The molecule has 2 N–H and O–H groups in total. The zero-order valence-electron chi connectivity index (χ0n) is 12.0. The summed E-state index contributed by atoms with van der Waals surface area (Å²) >= 11 is 0. The molecule has 1 heterocycles. The van der Waals surface area contributed by atoms with E-state index in [0.29, 0.717) is 16.7 Å². The van der Waals surface area contributed by atoms with Gasteiger partial charge in [0.25, 0.3) is 0 Å². The minimum Gasteiger partial charge on any atom is -0.399 e. The van der Waals surface area contributed by atoms with Crippen LogP contribution in [0.15, 0.2) is 18.2 Å². The summed E-state index contributed by atoms with van der Waals surface area (Å²) in [7, 11) is 0. The first-order chi connectivity index (χ1) is 9.67. The number of nitrogen functional groups attached to an aromatic ring is 1. The summed E-state index contributed by atoms with van der Waals surface area (Å²) in [4.78, 5) is 3.80. The summed E-state index contributed by atoms with van der Waals surface area (Å²) < 4.78 is 41.3. The van der Waals surface area contributed by atoms with Crippen molar-refractivity contribution in [3.8, 4) is 0 Å². The van der Waals surface area contributed by atoms with Gasteiger partial charge in [-0.1, -0.05) is 13.8 Å². The van der Waals surface area contributed by atoms with Crippen molar-refractivity contribution in [2.24, 2.45) is 5.41 Å². The van der Waals surface area contributed by atoms with Gasteiger partial charge >= 0.3 is 6.18 Å². The van der Waals surface area contributed by atoms with Crippen LogP contribution < -0.4 is 5.73 Å². The smallest absolute Gasteiger partial charge is 0.399 e. The Labute approximate surface area is 121 Å². The van der Waals surface area contributed by atoms with Crippen LogP contribution in [0, 0.1) is 5.41 Å². The maximum Gasteiger partial charge on any atom is 0.449 e. The van der Waals surface area contributed by atoms with Gasteiger partial charge in [0.1, 0.15) is 0 Å².